The molecule has 0 spiro atoms. The summed E-state index contributed by atoms with van der Waals surface area (Å²) in [6, 6.07) is 10.2. The third kappa shape index (κ3) is 4.77. The average molecular weight is 434 g/mol. The van der Waals surface area contributed by atoms with Crippen LogP contribution in [0, 0.1) is 0 Å². The first-order valence-corrected chi connectivity index (χ1v) is 9.96. The number of alkyl halides is 3. The number of nitrogens with one attached hydrogen (secondary N) is 2. The molecule has 2 N–H and O–H groups in total. The average Bonchev–Trinajstić information content (AvgIpc) is 3.19. The number of aromatic nitrogens is 2. The highest BCUT2D eigenvalue weighted by Crippen LogP contribution is 2.31. The van der Waals surface area contributed by atoms with Gasteiger partial charge in [-0.3, -0.25) is 10.1 Å². The molecule has 1 amide bonds. The largest absolute Gasteiger partial charge is 0.486 e. The molecule has 156 valence electrons. The van der Waals surface area contributed by atoms with Gasteiger partial charge in [-0.15, -0.1) is 10.2 Å². The van der Waals surface area contributed by atoms with Crippen molar-refractivity contribution in [2.45, 2.75) is 25.7 Å². The Morgan fingerprint density at radius 2 is 2.03 bits per heavy atom. The van der Waals surface area contributed by atoms with Crippen molar-refractivity contribution in [1.82, 2.24) is 15.5 Å². The molecule has 30 heavy (non-hydrogen) atoms. The summed E-state index contributed by atoms with van der Waals surface area (Å²) in [7, 11) is 0. The van der Waals surface area contributed by atoms with Crippen LogP contribution in [0.1, 0.15) is 32.1 Å². The van der Waals surface area contributed by atoms with E-state index < -0.39 is 11.7 Å². The zero-order valence-corrected chi connectivity index (χ0v) is 16.4. The minimum atomic E-state index is -4.44. The van der Waals surface area contributed by atoms with Crippen molar-refractivity contribution < 1.29 is 22.7 Å². The van der Waals surface area contributed by atoms with Crippen LogP contribution in [-0.4, -0.2) is 22.6 Å². The topological polar surface area (TPSA) is 76.1 Å². The predicted octanol–water partition coefficient (Wildman–Crippen LogP) is 4.03. The molecule has 0 bridgehead atoms. The van der Waals surface area contributed by atoms with E-state index in [0.717, 1.165) is 48.5 Å². The fourth-order valence-electron chi connectivity index (χ4n) is 3.06. The molecule has 10 heteroatoms. The van der Waals surface area contributed by atoms with Gasteiger partial charge in [0.1, 0.15) is 12.4 Å². The van der Waals surface area contributed by atoms with Gasteiger partial charge in [-0.25, -0.2) is 0 Å². The molecule has 1 aromatic heterocycles. The number of rotatable bonds is 5. The molecule has 0 unspecified atom stereocenters. The van der Waals surface area contributed by atoms with Gasteiger partial charge >= 0.3 is 6.18 Å². The van der Waals surface area contributed by atoms with E-state index in [-0.39, 0.29) is 18.3 Å². The number of benzene rings is 2. The third-order valence-electron chi connectivity index (χ3n) is 4.57. The molecule has 0 radical (unpaired) electrons. The number of nitrogens with zero attached hydrogens (tertiary/aromatic N) is 2. The number of carbonyl (C=O) groups is 1. The Labute approximate surface area is 174 Å². The fraction of sp³-hybridized carbons (Fsp3) is 0.250. The smallest absolute Gasteiger partial charge is 0.416 e. The normalized spacial score (nSPS) is 13.6. The zero-order valence-electron chi connectivity index (χ0n) is 15.6. The molecule has 0 fully saturated rings. The molecule has 0 atom stereocenters. The lowest BCUT2D eigenvalue weighted by Crippen LogP contribution is -2.24. The Morgan fingerprint density at radius 1 is 1.17 bits per heavy atom. The summed E-state index contributed by atoms with van der Waals surface area (Å²) in [5.74, 6) is -0.216. The molecule has 2 aromatic carbocycles. The number of hydrogen-bond acceptors (Lipinski definition) is 6. The fourth-order valence-corrected chi connectivity index (χ4v) is 3.71. The Balaban J connectivity index is 1.37. The number of anilines is 1. The molecule has 1 aliphatic rings. The van der Waals surface area contributed by atoms with Crippen molar-refractivity contribution in [3.8, 4) is 5.75 Å². The molecule has 2 heterocycles. The van der Waals surface area contributed by atoms with Crippen LogP contribution < -0.4 is 15.4 Å². The van der Waals surface area contributed by atoms with Crippen molar-refractivity contribution in [3.63, 3.8) is 0 Å². The Hall–Kier alpha value is -2.98. The third-order valence-corrected chi connectivity index (χ3v) is 5.38. The molecule has 1 aliphatic heterocycles. The van der Waals surface area contributed by atoms with Crippen LogP contribution in [0.5, 0.6) is 5.75 Å². The summed E-state index contributed by atoms with van der Waals surface area (Å²) < 4.78 is 43.7. The molecule has 4 rings (SSSR count). The lowest BCUT2D eigenvalue weighted by Gasteiger charge is -2.17. The van der Waals surface area contributed by atoms with Crippen LogP contribution in [-0.2, 0) is 25.7 Å². The molecule has 0 aliphatic carbocycles. The van der Waals surface area contributed by atoms with E-state index >= 15 is 0 Å². The molecular formula is C20H17F3N4O2S. The van der Waals surface area contributed by atoms with Crippen LogP contribution in [0.4, 0.5) is 18.3 Å². The minimum absolute atomic E-state index is 0.0549. The number of amides is 1. The lowest BCUT2D eigenvalue weighted by atomic mass is 9.98. The lowest BCUT2D eigenvalue weighted by molar-refractivity contribution is -0.137. The van der Waals surface area contributed by atoms with Gasteiger partial charge in [0.2, 0.25) is 5.13 Å². The first kappa shape index (κ1) is 20.3. The molecule has 0 saturated carbocycles. The van der Waals surface area contributed by atoms with Crippen molar-refractivity contribution >= 4 is 22.4 Å². The van der Waals surface area contributed by atoms with Gasteiger partial charge in [0, 0.05) is 12.1 Å². The Kier molecular flexibility index (Phi) is 5.69. The van der Waals surface area contributed by atoms with E-state index in [9.17, 15) is 18.0 Å². The van der Waals surface area contributed by atoms with Crippen molar-refractivity contribution in [2.24, 2.45) is 0 Å². The van der Waals surface area contributed by atoms with Crippen LogP contribution in [0.3, 0.4) is 0 Å². The summed E-state index contributed by atoms with van der Waals surface area (Å²) in [6.07, 6.45) is -3.57. The van der Waals surface area contributed by atoms with Crippen molar-refractivity contribution in [2.75, 3.05) is 11.9 Å². The van der Waals surface area contributed by atoms with Gasteiger partial charge in [0.05, 0.1) is 5.56 Å². The van der Waals surface area contributed by atoms with E-state index in [1.807, 2.05) is 12.1 Å². The Bertz CT molecular complexity index is 1070. The first-order valence-electron chi connectivity index (χ1n) is 9.15. The van der Waals surface area contributed by atoms with Gasteiger partial charge in [-0.2, -0.15) is 13.2 Å². The molecule has 3 aromatic rings. The maximum Gasteiger partial charge on any atom is 0.416 e. The van der Waals surface area contributed by atoms with Crippen molar-refractivity contribution in [1.29, 1.82) is 0 Å². The highest BCUT2D eigenvalue weighted by atomic mass is 32.1. The van der Waals surface area contributed by atoms with E-state index in [1.54, 1.807) is 6.07 Å². The van der Waals surface area contributed by atoms with Gasteiger partial charge in [-0.05, 0) is 54.4 Å². The van der Waals surface area contributed by atoms with Crippen LogP contribution in [0.15, 0.2) is 42.5 Å². The second kappa shape index (κ2) is 8.41. The second-order valence-corrected chi connectivity index (χ2v) is 7.74. The monoisotopic (exact) mass is 434 g/mol. The van der Waals surface area contributed by atoms with Gasteiger partial charge in [0.25, 0.3) is 5.91 Å². The molecular weight excluding hydrogens is 417 g/mol. The SMILES string of the molecule is O=C(Nc1nnc(COc2cccc(C(F)(F)F)c2)s1)c1ccc2c(c1)CCNC2. The summed E-state index contributed by atoms with van der Waals surface area (Å²) in [5, 5.41) is 14.5. The number of halogens is 3. The summed E-state index contributed by atoms with van der Waals surface area (Å²) in [5.41, 5.74) is 2.08. The first-order chi connectivity index (χ1) is 14.4. The summed E-state index contributed by atoms with van der Waals surface area (Å²) >= 11 is 1.10. The quantitative estimate of drug-likeness (QED) is 0.634. The maximum absolute atomic E-state index is 12.8. The van der Waals surface area contributed by atoms with Crippen LogP contribution >= 0.6 is 11.3 Å². The number of carbonyl (C=O) groups excluding carboxylic acids is 1. The standard InChI is InChI=1S/C20H17F3N4O2S/c21-20(22,23)15-2-1-3-16(9-15)29-11-17-26-27-19(30-17)25-18(28)13-4-5-14-10-24-7-6-12(14)8-13/h1-5,8-9,24H,6-7,10-11H2,(H,25,27,28). The summed E-state index contributed by atoms with van der Waals surface area (Å²) in [6.45, 7) is 1.62. The summed E-state index contributed by atoms with van der Waals surface area (Å²) in [4.78, 5) is 12.5. The highest BCUT2D eigenvalue weighted by Gasteiger charge is 2.30. The molecule has 6 nitrogen and oxygen atoms in total. The number of ether oxygens (including phenoxy) is 1. The van der Waals surface area contributed by atoms with Crippen molar-refractivity contribution in [3.05, 3.63) is 69.7 Å². The maximum atomic E-state index is 12.8. The van der Waals surface area contributed by atoms with E-state index in [1.165, 1.54) is 17.7 Å². The second-order valence-electron chi connectivity index (χ2n) is 6.68. The van der Waals surface area contributed by atoms with E-state index in [4.69, 9.17) is 4.74 Å². The van der Waals surface area contributed by atoms with Gasteiger partial charge in [-0.1, -0.05) is 23.5 Å². The molecule has 0 saturated heterocycles. The number of fused-ring (bicyclic) bond motifs is 1. The van der Waals surface area contributed by atoms with Crippen LogP contribution in [0.2, 0.25) is 0 Å². The van der Waals surface area contributed by atoms with Crippen LogP contribution in [0.25, 0.3) is 0 Å². The Morgan fingerprint density at radius 3 is 2.87 bits per heavy atom. The van der Waals surface area contributed by atoms with Gasteiger partial charge in [0.15, 0.2) is 5.01 Å². The zero-order chi connectivity index (χ0) is 21.1. The highest BCUT2D eigenvalue weighted by molar-refractivity contribution is 7.15. The van der Waals surface area contributed by atoms with E-state index in [0.29, 0.717) is 15.7 Å². The number of hydrogen-bond donors (Lipinski definition) is 2. The predicted molar refractivity (Wildman–Crippen MR) is 105 cm³/mol. The van der Waals surface area contributed by atoms with E-state index in [2.05, 4.69) is 20.8 Å². The van der Waals surface area contributed by atoms with Gasteiger partial charge < -0.3 is 10.1 Å². The minimum Gasteiger partial charge on any atom is -0.486 e.